The number of phosphoric ester groups is 1. The van der Waals surface area contributed by atoms with Crippen LogP contribution in [0.15, 0.2) is 109 Å². The molecule has 0 aliphatic carbocycles. The summed E-state index contributed by atoms with van der Waals surface area (Å²) in [6, 6.07) is 0. The van der Waals surface area contributed by atoms with Crippen LogP contribution in [0.1, 0.15) is 155 Å². The quantitative estimate of drug-likeness (QED) is 0.0276. The minimum atomic E-state index is -4.79. The van der Waals surface area contributed by atoms with Crippen LogP contribution in [0.3, 0.4) is 0 Å². The van der Waals surface area contributed by atoms with Crippen LogP contribution in [0.2, 0.25) is 0 Å². The van der Waals surface area contributed by atoms with Crippen molar-refractivity contribution in [3.8, 4) is 0 Å². The van der Waals surface area contributed by atoms with E-state index in [9.17, 15) is 14.2 Å². The minimum Gasteiger partial charge on any atom is -0.462 e. The number of esters is 2. The number of rotatable bonds is 37. The Kier molecular flexibility index (Phi) is 38.9. The number of phosphoric acid groups is 1. The molecule has 0 saturated carbocycles. The highest BCUT2D eigenvalue weighted by molar-refractivity contribution is 7.46. The highest BCUT2D eigenvalue weighted by Crippen LogP contribution is 2.35. The molecule has 0 aromatic carbocycles. The molecule has 0 bridgehead atoms. The molecule has 0 aliphatic heterocycles. The molecule has 8 nitrogen and oxygen atoms in total. The molecule has 0 amide bonds. The molecule has 1 atom stereocenters. The third-order valence-electron chi connectivity index (χ3n) is 8.32. The Morgan fingerprint density at radius 2 is 0.857 bits per heavy atom. The van der Waals surface area contributed by atoms with Crippen molar-refractivity contribution >= 4 is 19.8 Å². The summed E-state index contributed by atoms with van der Waals surface area (Å²) in [6.45, 7) is 3.36. The smallest absolute Gasteiger partial charge is 0.462 e. The summed E-state index contributed by atoms with van der Waals surface area (Å²) >= 11 is 0. The maximum Gasteiger partial charge on any atom is 0.469 e. The van der Waals surface area contributed by atoms with E-state index in [1.807, 2.05) is 12.2 Å². The van der Waals surface area contributed by atoms with Crippen molar-refractivity contribution in [1.82, 2.24) is 0 Å². The van der Waals surface area contributed by atoms with Gasteiger partial charge < -0.3 is 19.3 Å². The average molecular weight is 799 g/mol. The van der Waals surface area contributed by atoms with Crippen LogP contribution >= 0.6 is 7.82 Å². The van der Waals surface area contributed by atoms with Gasteiger partial charge in [-0.3, -0.25) is 14.1 Å². The lowest BCUT2D eigenvalue weighted by Gasteiger charge is -2.18. The molecule has 56 heavy (non-hydrogen) atoms. The van der Waals surface area contributed by atoms with Crippen molar-refractivity contribution in [2.75, 3.05) is 13.2 Å². The van der Waals surface area contributed by atoms with Crippen LogP contribution in [0.5, 0.6) is 0 Å². The van der Waals surface area contributed by atoms with Crippen LogP contribution in [0.25, 0.3) is 0 Å². The van der Waals surface area contributed by atoms with Gasteiger partial charge in [0.1, 0.15) is 6.61 Å². The first-order valence-corrected chi connectivity index (χ1v) is 22.7. The molecule has 0 aromatic rings. The SMILES string of the molecule is CC/C=C\C/C=C\C/C=C\C/C=C\C/C=C\CC(=O)OC(COC(=O)CCCCCCCCCCCC/C=C\C/C=C\C/C=C\C/C=C\CC)COP(=O)(O)O. The molecule has 0 saturated heterocycles. The molecular weight excluding hydrogens is 723 g/mol. The number of hydrogen-bond acceptors (Lipinski definition) is 6. The maximum absolute atomic E-state index is 12.3. The Hall–Kier alpha value is -3.29. The maximum atomic E-state index is 12.3. The second kappa shape index (κ2) is 41.3. The first-order chi connectivity index (χ1) is 27.3. The van der Waals surface area contributed by atoms with Crippen LogP contribution in [-0.4, -0.2) is 41.0 Å². The Bertz CT molecular complexity index is 1260. The normalized spacial score (nSPS) is 13.6. The third kappa shape index (κ3) is 43.4. The van der Waals surface area contributed by atoms with E-state index in [0.29, 0.717) is 12.8 Å². The predicted octanol–water partition coefficient (Wildman–Crippen LogP) is 13.2. The van der Waals surface area contributed by atoms with E-state index < -0.39 is 32.5 Å². The van der Waals surface area contributed by atoms with E-state index in [1.54, 1.807) is 6.08 Å². The van der Waals surface area contributed by atoms with Crippen LogP contribution in [0, 0.1) is 0 Å². The summed E-state index contributed by atoms with van der Waals surface area (Å²) in [5.41, 5.74) is 0. The highest BCUT2D eigenvalue weighted by Gasteiger charge is 2.22. The largest absolute Gasteiger partial charge is 0.469 e. The van der Waals surface area contributed by atoms with E-state index in [-0.39, 0.29) is 19.4 Å². The Morgan fingerprint density at radius 3 is 1.29 bits per heavy atom. The van der Waals surface area contributed by atoms with Gasteiger partial charge in [-0.2, -0.15) is 0 Å². The van der Waals surface area contributed by atoms with Crippen molar-refractivity contribution in [2.45, 2.75) is 161 Å². The molecule has 0 aliphatic rings. The van der Waals surface area contributed by atoms with Gasteiger partial charge in [0.25, 0.3) is 0 Å². The lowest BCUT2D eigenvalue weighted by atomic mass is 10.1. The van der Waals surface area contributed by atoms with Crippen molar-refractivity contribution < 1.29 is 37.9 Å². The van der Waals surface area contributed by atoms with Crippen molar-refractivity contribution in [1.29, 1.82) is 0 Å². The zero-order valence-electron chi connectivity index (χ0n) is 34.7. The Balaban J connectivity index is 4.01. The molecule has 0 fully saturated rings. The first-order valence-electron chi connectivity index (χ1n) is 21.2. The van der Waals surface area contributed by atoms with E-state index >= 15 is 0 Å². The average Bonchev–Trinajstić information content (AvgIpc) is 3.17. The summed E-state index contributed by atoms with van der Waals surface area (Å²) in [7, 11) is -4.79. The number of carbonyl (C=O) groups excluding carboxylic acids is 2. The number of unbranched alkanes of at least 4 members (excludes halogenated alkanes) is 10. The van der Waals surface area contributed by atoms with Gasteiger partial charge in [0.15, 0.2) is 6.10 Å². The molecule has 0 spiro atoms. The van der Waals surface area contributed by atoms with Gasteiger partial charge in [0, 0.05) is 6.42 Å². The van der Waals surface area contributed by atoms with Crippen LogP contribution in [-0.2, 0) is 28.2 Å². The fourth-order valence-electron chi connectivity index (χ4n) is 5.26. The second-order valence-electron chi connectivity index (χ2n) is 13.6. The summed E-state index contributed by atoms with van der Waals surface area (Å²) in [5.74, 6) is -1.05. The second-order valence-corrected chi connectivity index (χ2v) is 14.8. The lowest BCUT2D eigenvalue weighted by Crippen LogP contribution is -2.29. The fraction of sp³-hybridized carbons (Fsp3) is 0.574. The molecule has 0 heterocycles. The van der Waals surface area contributed by atoms with Gasteiger partial charge in [-0.15, -0.1) is 0 Å². The van der Waals surface area contributed by atoms with Gasteiger partial charge >= 0.3 is 19.8 Å². The first kappa shape index (κ1) is 52.7. The van der Waals surface area contributed by atoms with Crippen molar-refractivity contribution in [3.63, 3.8) is 0 Å². The molecule has 0 aromatic heterocycles. The fourth-order valence-corrected chi connectivity index (χ4v) is 5.62. The van der Waals surface area contributed by atoms with E-state index in [0.717, 1.165) is 77.0 Å². The van der Waals surface area contributed by atoms with E-state index in [4.69, 9.17) is 19.3 Å². The minimum absolute atomic E-state index is 0.0272. The van der Waals surface area contributed by atoms with Crippen LogP contribution < -0.4 is 0 Å². The zero-order valence-corrected chi connectivity index (χ0v) is 35.6. The molecule has 2 N–H and O–H groups in total. The van der Waals surface area contributed by atoms with Crippen molar-refractivity contribution in [3.05, 3.63) is 109 Å². The molecular formula is C47H75O8P. The van der Waals surface area contributed by atoms with Crippen molar-refractivity contribution in [2.24, 2.45) is 0 Å². The Morgan fingerprint density at radius 1 is 0.482 bits per heavy atom. The lowest BCUT2D eigenvalue weighted by molar-refractivity contribution is -0.160. The zero-order chi connectivity index (χ0) is 41.1. The standard InChI is InChI=1S/C47H75O8P/c1-3-5-7-9-11-13-15-17-19-20-21-22-23-24-25-26-28-29-31-33-35-37-39-41-46(48)53-43-45(44-54-56(50,51)52)55-47(49)42-40-38-36-34-32-30-27-18-16-14-12-10-8-6-4-2/h5-8,11-14,17-19,21-22,27,32,34,38,40,45H,3-4,9-10,15-16,20,23-26,28-31,33,35-37,39,41-44H2,1-2H3,(H2,50,51,52)/b7-5-,8-6-,13-11-,14-12-,19-17-,22-21-,27-18-,34-32-,40-38-. The van der Waals surface area contributed by atoms with Gasteiger partial charge in [-0.05, 0) is 77.0 Å². The molecule has 0 radical (unpaired) electrons. The van der Waals surface area contributed by atoms with E-state index in [1.165, 1.54) is 38.5 Å². The van der Waals surface area contributed by atoms with Crippen LogP contribution in [0.4, 0.5) is 0 Å². The Labute approximate surface area is 340 Å². The predicted molar refractivity (Wildman–Crippen MR) is 234 cm³/mol. The van der Waals surface area contributed by atoms with Gasteiger partial charge in [-0.25, -0.2) is 4.57 Å². The molecule has 9 heteroatoms. The molecule has 0 rings (SSSR count). The highest BCUT2D eigenvalue weighted by atomic mass is 31.2. The number of hydrogen-bond donors (Lipinski definition) is 2. The summed E-state index contributed by atoms with van der Waals surface area (Å²) < 4.78 is 26.3. The summed E-state index contributed by atoms with van der Waals surface area (Å²) in [6.07, 6.45) is 58.4. The summed E-state index contributed by atoms with van der Waals surface area (Å²) in [5, 5.41) is 0. The topological polar surface area (TPSA) is 119 Å². The number of allylic oxidation sites excluding steroid dienone is 17. The summed E-state index contributed by atoms with van der Waals surface area (Å²) in [4.78, 5) is 42.8. The number of carbonyl (C=O) groups is 2. The van der Waals surface area contributed by atoms with Gasteiger partial charge in [0.2, 0.25) is 0 Å². The van der Waals surface area contributed by atoms with Gasteiger partial charge in [-0.1, -0.05) is 175 Å². The molecule has 1 unspecified atom stereocenters. The molecule has 316 valence electrons. The van der Waals surface area contributed by atoms with Gasteiger partial charge in [0.05, 0.1) is 13.0 Å². The third-order valence-corrected chi connectivity index (χ3v) is 8.81. The van der Waals surface area contributed by atoms with E-state index in [2.05, 4.69) is 110 Å². The number of ether oxygens (including phenoxy) is 2. The monoisotopic (exact) mass is 799 g/mol.